The Labute approximate surface area is 135 Å². The van der Waals surface area contributed by atoms with Crippen LogP contribution in [0, 0.1) is 0 Å². The molecule has 0 N–H and O–H groups in total. The highest BCUT2D eigenvalue weighted by Crippen LogP contribution is 2.14. The second-order valence-electron chi connectivity index (χ2n) is 5.82. The van der Waals surface area contributed by atoms with Crippen molar-refractivity contribution in [3.8, 4) is 0 Å². The first-order valence-corrected chi connectivity index (χ1v) is 7.94. The largest absolute Gasteiger partial charge is 0.374 e. The van der Waals surface area contributed by atoms with Crippen LogP contribution in [0.5, 0.6) is 0 Å². The van der Waals surface area contributed by atoms with Gasteiger partial charge in [0.2, 0.25) is 5.89 Å². The minimum Gasteiger partial charge on any atom is -0.374 e. The molecule has 2 aromatic heterocycles. The van der Waals surface area contributed by atoms with E-state index in [1.54, 1.807) is 13.4 Å². The van der Waals surface area contributed by atoms with E-state index in [-0.39, 0.29) is 6.10 Å². The van der Waals surface area contributed by atoms with Gasteiger partial charge in [0.05, 0.1) is 12.2 Å². The fourth-order valence-electron chi connectivity index (χ4n) is 2.68. The molecule has 2 aromatic rings. The zero-order valence-corrected chi connectivity index (χ0v) is 13.6. The number of rotatable bonds is 6. The molecule has 0 aromatic carbocycles. The molecule has 126 valence electrons. The van der Waals surface area contributed by atoms with Crippen LogP contribution in [0.3, 0.4) is 0 Å². The normalized spacial score (nSPS) is 18.9. The monoisotopic (exact) mass is 321 g/mol. The highest BCUT2D eigenvalue weighted by molar-refractivity contribution is 4.95. The smallest absolute Gasteiger partial charge is 0.240 e. The molecule has 0 amide bonds. The Kier molecular flexibility index (Phi) is 5.37. The maximum atomic E-state index is 5.32. The average molecular weight is 321 g/mol. The molecule has 0 saturated carbocycles. The first-order valence-electron chi connectivity index (χ1n) is 7.94. The fraction of sp³-hybridized carbons (Fsp3) is 0.667. The van der Waals surface area contributed by atoms with E-state index in [9.17, 15) is 0 Å². The lowest BCUT2D eigenvalue weighted by Crippen LogP contribution is -2.30. The lowest BCUT2D eigenvalue weighted by Gasteiger charge is -2.19. The van der Waals surface area contributed by atoms with E-state index in [2.05, 4.69) is 25.1 Å². The van der Waals surface area contributed by atoms with Gasteiger partial charge < -0.3 is 13.8 Å². The van der Waals surface area contributed by atoms with Gasteiger partial charge in [0.15, 0.2) is 5.82 Å². The van der Waals surface area contributed by atoms with Crippen molar-refractivity contribution in [3.05, 3.63) is 29.7 Å². The van der Waals surface area contributed by atoms with Crippen molar-refractivity contribution in [1.82, 2.24) is 25.1 Å². The molecule has 0 aliphatic carbocycles. The Morgan fingerprint density at radius 2 is 1.96 bits per heavy atom. The summed E-state index contributed by atoms with van der Waals surface area (Å²) in [6, 6.07) is 1.92. The molecule has 3 heterocycles. The quantitative estimate of drug-likeness (QED) is 0.791. The Morgan fingerprint density at radius 3 is 2.65 bits per heavy atom. The summed E-state index contributed by atoms with van der Waals surface area (Å²) in [6.07, 6.45) is 2.58. The van der Waals surface area contributed by atoms with Crippen molar-refractivity contribution in [2.75, 3.05) is 33.3 Å². The molecule has 8 heteroatoms. The first kappa shape index (κ1) is 16.1. The minimum atomic E-state index is -0.144. The van der Waals surface area contributed by atoms with Crippen LogP contribution in [0.2, 0.25) is 0 Å². The summed E-state index contributed by atoms with van der Waals surface area (Å²) in [7, 11) is 1.64. The van der Waals surface area contributed by atoms with Crippen molar-refractivity contribution in [1.29, 1.82) is 0 Å². The molecule has 1 aliphatic rings. The lowest BCUT2D eigenvalue weighted by atomic mass is 10.3. The van der Waals surface area contributed by atoms with E-state index in [1.807, 2.05) is 13.0 Å². The summed E-state index contributed by atoms with van der Waals surface area (Å²) in [4.78, 5) is 9.14. The number of hydrogen-bond donors (Lipinski definition) is 0. The van der Waals surface area contributed by atoms with E-state index < -0.39 is 0 Å². The van der Waals surface area contributed by atoms with Gasteiger partial charge in [-0.15, -0.1) is 0 Å². The van der Waals surface area contributed by atoms with Gasteiger partial charge in [-0.25, -0.2) is 0 Å². The zero-order valence-electron chi connectivity index (χ0n) is 13.6. The van der Waals surface area contributed by atoms with Crippen molar-refractivity contribution >= 4 is 0 Å². The van der Waals surface area contributed by atoms with Gasteiger partial charge in [0, 0.05) is 32.8 Å². The van der Waals surface area contributed by atoms with E-state index >= 15 is 0 Å². The van der Waals surface area contributed by atoms with Crippen molar-refractivity contribution < 1.29 is 13.8 Å². The summed E-state index contributed by atoms with van der Waals surface area (Å²) >= 11 is 0. The molecule has 1 saturated heterocycles. The van der Waals surface area contributed by atoms with Crippen LogP contribution in [0.15, 0.2) is 21.4 Å². The van der Waals surface area contributed by atoms with Gasteiger partial charge in [-0.2, -0.15) is 4.98 Å². The summed E-state index contributed by atoms with van der Waals surface area (Å²) in [6.45, 7) is 7.45. The highest BCUT2D eigenvalue weighted by Gasteiger charge is 2.19. The summed E-state index contributed by atoms with van der Waals surface area (Å²) in [5, 5.41) is 7.95. The molecule has 0 radical (unpaired) electrons. The van der Waals surface area contributed by atoms with Crippen LogP contribution < -0.4 is 0 Å². The number of aromatic nitrogens is 3. The van der Waals surface area contributed by atoms with Crippen LogP contribution in [0.1, 0.15) is 36.9 Å². The first-order chi connectivity index (χ1) is 11.2. The van der Waals surface area contributed by atoms with Crippen molar-refractivity contribution in [2.45, 2.75) is 32.5 Å². The number of hydrogen-bond acceptors (Lipinski definition) is 8. The highest BCUT2D eigenvalue weighted by atomic mass is 16.5. The third kappa shape index (κ3) is 4.37. The minimum absolute atomic E-state index is 0.144. The predicted octanol–water partition coefficient (Wildman–Crippen LogP) is 1.47. The number of methoxy groups -OCH3 is 1. The van der Waals surface area contributed by atoms with E-state index in [0.717, 1.165) is 44.8 Å². The molecule has 1 fully saturated rings. The zero-order chi connectivity index (χ0) is 16.1. The molecular weight excluding hydrogens is 298 g/mol. The molecule has 0 bridgehead atoms. The molecular formula is C15H23N5O3. The lowest BCUT2D eigenvalue weighted by molar-refractivity contribution is 0.109. The summed E-state index contributed by atoms with van der Waals surface area (Å²) < 4.78 is 15.4. The van der Waals surface area contributed by atoms with E-state index in [0.29, 0.717) is 18.3 Å². The summed E-state index contributed by atoms with van der Waals surface area (Å²) in [5.41, 5.74) is 0.980. The number of nitrogens with zero attached hydrogens (tertiary/aromatic N) is 5. The molecule has 3 rings (SSSR count). The maximum absolute atomic E-state index is 5.32. The summed E-state index contributed by atoms with van der Waals surface area (Å²) in [5.74, 6) is 1.25. The molecule has 1 aliphatic heterocycles. The number of ether oxygens (including phenoxy) is 1. The SMILES string of the molecule is COC(C)c1noc(CN2CCCN(Cc3ccon3)CC2)n1. The maximum Gasteiger partial charge on any atom is 0.240 e. The fourth-order valence-corrected chi connectivity index (χ4v) is 2.68. The van der Waals surface area contributed by atoms with Gasteiger partial charge in [0.1, 0.15) is 12.4 Å². The van der Waals surface area contributed by atoms with Crippen LogP contribution in [0.25, 0.3) is 0 Å². The van der Waals surface area contributed by atoms with E-state index in [1.165, 1.54) is 0 Å². The second kappa shape index (κ2) is 7.67. The standard InChI is InChI=1S/C15H23N5O3/c1-12(21-2)15-16-14(23-18-15)11-20-6-3-5-19(7-8-20)10-13-4-9-22-17-13/h4,9,12H,3,5-8,10-11H2,1-2H3. The van der Waals surface area contributed by atoms with Gasteiger partial charge >= 0.3 is 0 Å². The van der Waals surface area contributed by atoms with Crippen molar-refractivity contribution in [3.63, 3.8) is 0 Å². The second-order valence-corrected chi connectivity index (χ2v) is 5.82. The Morgan fingerprint density at radius 1 is 1.17 bits per heavy atom. The predicted molar refractivity (Wildman–Crippen MR) is 81.4 cm³/mol. The molecule has 8 nitrogen and oxygen atoms in total. The Hall–Kier alpha value is -1.77. The topological polar surface area (TPSA) is 80.7 Å². The molecule has 1 atom stereocenters. The van der Waals surface area contributed by atoms with Gasteiger partial charge in [0.25, 0.3) is 0 Å². The Balaban J connectivity index is 1.51. The van der Waals surface area contributed by atoms with Gasteiger partial charge in [-0.1, -0.05) is 10.3 Å². The van der Waals surface area contributed by atoms with Crippen LogP contribution in [-0.4, -0.2) is 58.4 Å². The third-order valence-electron chi connectivity index (χ3n) is 4.12. The van der Waals surface area contributed by atoms with Crippen LogP contribution in [-0.2, 0) is 17.8 Å². The van der Waals surface area contributed by atoms with Crippen LogP contribution >= 0.6 is 0 Å². The third-order valence-corrected chi connectivity index (χ3v) is 4.12. The van der Waals surface area contributed by atoms with Crippen molar-refractivity contribution in [2.24, 2.45) is 0 Å². The molecule has 23 heavy (non-hydrogen) atoms. The van der Waals surface area contributed by atoms with Gasteiger partial charge in [-0.05, 0) is 26.4 Å². The molecule has 1 unspecified atom stereocenters. The average Bonchev–Trinajstić information content (AvgIpc) is 3.18. The Bertz CT molecular complexity index is 586. The van der Waals surface area contributed by atoms with Gasteiger partial charge in [-0.3, -0.25) is 9.80 Å². The molecule has 0 spiro atoms. The van der Waals surface area contributed by atoms with Crippen LogP contribution in [0.4, 0.5) is 0 Å². The van der Waals surface area contributed by atoms with E-state index in [4.69, 9.17) is 13.8 Å².